The van der Waals surface area contributed by atoms with E-state index in [0.29, 0.717) is 18.3 Å². The number of rotatable bonds is 6. The number of methoxy groups -OCH3 is 2. The second-order valence-electron chi connectivity index (χ2n) is 5.76. The summed E-state index contributed by atoms with van der Waals surface area (Å²) in [7, 11) is 3.31. The summed E-state index contributed by atoms with van der Waals surface area (Å²) in [5.41, 5.74) is 0.688. The number of hydrogen-bond acceptors (Lipinski definition) is 5. The SMILES string of the molecule is COCC(CNc1nc(C(C)(C)C)nc(Cl)c1C)OC. The van der Waals surface area contributed by atoms with E-state index in [1.165, 1.54) is 0 Å². The van der Waals surface area contributed by atoms with Gasteiger partial charge in [0.15, 0.2) is 0 Å². The largest absolute Gasteiger partial charge is 0.382 e. The summed E-state index contributed by atoms with van der Waals surface area (Å²) in [4.78, 5) is 8.91. The van der Waals surface area contributed by atoms with Gasteiger partial charge < -0.3 is 14.8 Å². The summed E-state index contributed by atoms with van der Waals surface area (Å²) in [5.74, 6) is 1.46. The molecule has 1 aromatic rings. The van der Waals surface area contributed by atoms with Crippen molar-refractivity contribution in [2.24, 2.45) is 0 Å². The summed E-state index contributed by atoms with van der Waals surface area (Å²) in [6.45, 7) is 9.19. The van der Waals surface area contributed by atoms with Crippen molar-refractivity contribution < 1.29 is 9.47 Å². The highest BCUT2D eigenvalue weighted by atomic mass is 35.5. The summed E-state index contributed by atoms with van der Waals surface area (Å²) in [6, 6.07) is 0. The van der Waals surface area contributed by atoms with Crippen LogP contribution in [0, 0.1) is 6.92 Å². The minimum Gasteiger partial charge on any atom is -0.382 e. The topological polar surface area (TPSA) is 56.3 Å². The predicted molar refractivity (Wildman–Crippen MR) is 81.6 cm³/mol. The number of anilines is 1. The Hall–Kier alpha value is -0.910. The Morgan fingerprint density at radius 2 is 1.90 bits per heavy atom. The summed E-state index contributed by atoms with van der Waals surface area (Å²) < 4.78 is 10.4. The van der Waals surface area contributed by atoms with Gasteiger partial charge in [0.05, 0.1) is 12.7 Å². The van der Waals surface area contributed by atoms with Crippen molar-refractivity contribution >= 4 is 17.4 Å². The first-order chi connectivity index (χ1) is 9.29. The highest BCUT2D eigenvalue weighted by Gasteiger charge is 2.21. The number of ether oxygens (including phenoxy) is 2. The fraction of sp³-hybridized carbons (Fsp3) is 0.714. The van der Waals surface area contributed by atoms with E-state index in [0.717, 1.165) is 17.2 Å². The molecule has 1 heterocycles. The monoisotopic (exact) mass is 301 g/mol. The minimum atomic E-state index is -0.152. The lowest BCUT2D eigenvalue weighted by Gasteiger charge is -2.21. The standard InChI is InChI=1S/C14H24ClN3O2/c1-9-11(15)17-13(14(2,3)4)18-12(9)16-7-10(20-6)8-19-5/h10H,7-8H2,1-6H3,(H,16,17,18). The number of hydrogen-bond donors (Lipinski definition) is 1. The lowest BCUT2D eigenvalue weighted by molar-refractivity contribution is 0.0365. The van der Waals surface area contributed by atoms with Crippen molar-refractivity contribution in [2.75, 3.05) is 32.7 Å². The highest BCUT2D eigenvalue weighted by Crippen LogP contribution is 2.26. The molecule has 114 valence electrons. The molecule has 0 bridgehead atoms. The Bertz CT molecular complexity index is 447. The quantitative estimate of drug-likeness (QED) is 0.819. The first-order valence-electron chi connectivity index (χ1n) is 6.59. The van der Waals surface area contributed by atoms with Crippen molar-refractivity contribution in [3.05, 3.63) is 16.5 Å². The van der Waals surface area contributed by atoms with E-state index in [1.54, 1.807) is 14.2 Å². The predicted octanol–water partition coefficient (Wildman–Crippen LogP) is 2.81. The average Bonchev–Trinajstić information content (AvgIpc) is 2.37. The molecule has 0 aliphatic carbocycles. The van der Waals surface area contributed by atoms with Crippen LogP contribution in [0.15, 0.2) is 0 Å². The van der Waals surface area contributed by atoms with Gasteiger partial charge in [-0.15, -0.1) is 0 Å². The molecule has 6 heteroatoms. The number of nitrogens with one attached hydrogen (secondary N) is 1. The highest BCUT2D eigenvalue weighted by molar-refractivity contribution is 6.30. The summed E-state index contributed by atoms with van der Waals surface area (Å²) >= 11 is 6.19. The molecule has 0 aliphatic heterocycles. The lowest BCUT2D eigenvalue weighted by atomic mass is 9.95. The van der Waals surface area contributed by atoms with Crippen LogP contribution < -0.4 is 5.32 Å². The zero-order valence-corrected chi connectivity index (χ0v) is 13.8. The molecular formula is C14H24ClN3O2. The van der Waals surface area contributed by atoms with E-state index < -0.39 is 0 Å². The molecule has 0 amide bonds. The van der Waals surface area contributed by atoms with Crippen molar-refractivity contribution in [1.29, 1.82) is 0 Å². The molecule has 5 nitrogen and oxygen atoms in total. The third-order valence-corrected chi connectivity index (χ3v) is 3.31. The molecule has 0 radical (unpaired) electrons. The van der Waals surface area contributed by atoms with E-state index in [2.05, 4.69) is 36.1 Å². The molecule has 1 atom stereocenters. The number of nitrogens with zero attached hydrogens (tertiary/aromatic N) is 2. The third-order valence-electron chi connectivity index (χ3n) is 2.94. The molecular weight excluding hydrogens is 278 g/mol. The molecule has 0 spiro atoms. The Morgan fingerprint density at radius 3 is 2.40 bits per heavy atom. The van der Waals surface area contributed by atoms with Gasteiger partial charge in [0.25, 0.3) is 0 Å². The lowest BCUT2D eigenvalue weighted by Crippen LogP contribution is -2.28. The zero-order valence-electron chi connectivity index (χ0n) is 13.1. The smallest absolute Gasteiger partial charge is 0.137 e. The Labute approximate surface area is 126 Å². The molecule has 1 aromatic heterocycles. The summed E-state index contributed by atoms with van der Waals surface area (Å²) in [6.07, 6.45) is -0.0359. The molecule has 0 saturated heterocycles. The molecule has 0 fully saturated rings. The second-order valence-corrected chi connectivity index (χ2v) is 6.11. The fourth-order valence-electron chi connectivity index (χ4n) is 1.60. The van der Waals surface area contributed by atoms with Crippen LogP contribution in [0.3, 0.4) is 0 Å². The third kappa shape index (κ3) is 4.58. The van der Waals surface area contributed by atoms with Crippen LogP contribution in [0.4, 0.5) is 5.82 Å². The van der Waals surface area contributed by atoms with Crippen LogP contribution in [-0.2, 0) is 14.9 Å². The Balaban J connectivity index is 2.91. The fourth-order valence-corrected chi connectivity index (χ4v) is 1.77. The van der Waals surface area contributed by atoms with Crippen molar-refractivity contribution in [1.82, 2.24) is 9.97 Å². The maximum atomic E-state index is 6.19. The first kappa shape index (κ1) is 17.1. The van der Waals surface area contributed by atoms with Gasteiger partial charge in [-0.1, -0.05) is 32.4 Å². The van der Waals surface area contributed by atoms with E-state index in [1.807, 2.05) is 6.92 Å². The molecule has 0 saturated carbocycles. The number of aromatic nitrogens is 2. The molecule has 0 aliphatic rings. The van der Waals surface area contributed by atoms with E-state index >= 15 is 0 Å². The van der Waals surface area contributed by atoms with Crippen LogP contribution in [-0.4, -0.2) is 43.4 Å². The van der Waals surface area contributed by atoms with Gasteiger partial charge in [0.2, 0.25) is 0 Å². The molecule has 20 heavy (non-hydrogen) atoms. The maximum absolute atomic E-state index is 6.19. The van der Waals surface area contributed by atoms with Crippen LogP contribution in [0.25, 0.3) is 0 Å². The van der Waals surface area contributed by atoms with Gasteiger partial charge in [-0.3, -0.25) is 0 Å². The molecule has 0 aromatic carbocycles. The van der Waals surface area contributed by atoms with Gasteiger partial charge >= 0.3 is 0 Å². The van der Waals surface area contributed by atoms with Crippen molar-refractivity contribution in [2.45, 2.75) is 39.2 Å². The van der Waals surface area contributed by atoms with Gasteiger partial charge in [-0.2, -0.15) is 0 Å². The van der Waals surface area contributed by atoms with Crippen LogP contribution in [0.1, 0.15) is 32.2 Å². The van der Waals surface area contributed by atoms with Gasteiger partial charge in [-0.25, -0.2) is 9.97 Å². The second kappa shape index (κ2) is 7.20. The summed E-state index contributed by atoms with van der Waals surface area (Å²) in [5, 5.41) is 3.74. The van der Waals surface area contributed by atoms with Gasteiger partial charge in [-0.05, 0) is 6.92 Å². The van der Waals surface area contributed by atoms with Gasteiger partial charge in [0, 0.05) is 31.7 Å². The zero-order chi connectivity index (χ0) is 15.3. The first-order valence-corrected chi connectivity index (χ1v) is 6.97. The molecule has 1 rings (SSSR count). The van der Waals surface area contributed by atoms with Gasteiger partial charge in [0.1, 0.15) is 16.8 Å². The van der Waals surface area contributed by atoms with E-state index in [4.69, 9.17) is 21.1 Å². The normalized spacial score (nSPS) is 13.3. The average molecular weight is 302 g/mol. The van der Waals surface area contributed by atoms with E-state index in [9.17, 15) is 0 Å². The minimum absolute atomic E-state index is 0.0359. The Morgan fingerprint density at radius 1 is 1.25 bits per heavy atom. The molecule has 1 N–H and O–H groups in total. The molecule has 1 unspecified atom stereocenters. The van der Waals surface area contributed by atoms with Crippen molar-refractivity contribution in [3.63, 3.8) is 0 Å². The van der Waals surface area contributed by atoms with E-state index in [-0.39, 0.29) is 11.5 Å². The maximum Gasteiger partial charge on any atom is 0.137 e. The number of halogens is 1. The van der Waals surface area contributed by atoms with Crippen molar-refractivity contribution in [3.8, 4) is 0 Å². The van der Waals surface area contributed by atoms with Crippen LogP contribution in [0.5, 0.6) is 0 Å². The van der Waals surface area contributed by atoms with Crippen LogP contribution in [0.2, 0.25) is 5.15 Å². The van der Waals surface area contributed by atoms with Crippen LogP contribution >= 0.6 is 11.6 Å². The Kier molecular flexibility index (Phi) is 6.17.